The molecule has 0 atom stereocenters. The Morgan fingerprint density at radius 3 is 2.40 bits per heavy atom. The maximum absolute atomic E-state index is 12.5. The molecule has 25 heavy (non-hydrogen) atoms. The molecule has 0 aliphatic rings. The largest absolute Gasteiger partial charge is 0.475 e. The van der Waals surface area contributed by atoms with Gasteiger partial charge in [-0.2, -0.15) is 12.8 Å². The SMILES string of the molecule is O=C(O)c1c/c(=N\S(=O)(=O)c2ccccc2)c2c(Cl)cc(Cl)cc2o1. The molecule has 3 aromatic rings. The average Bonchev–Trinajstić information content (AvgIpc) is 2.54. The van der Waals surface area contributed by atoms with E-state index in [2.05, 4.69) is 4.40 Å². The second kappa shape index (κ2) is 6.51. The zero-order valence-electron chi connectivity index (χ0n) is 12.3. The standard InChI is InChI=1S/C16H9Cl2NO5S/c17-9-6-11(18)15-12(8-14(16(20)21)24-13(15)7-9)19-25(22,23)10-4-2-1-3-5-10/h1-8H,(H,20,21)/b19-12+. The summed E-state index contributed by atoms with van der Waals surface area (Å²) in [6.07, 6.45) is 0. The first-order valence-electron chi connectivity index (χ1n) is 6.80. The van der Waals surface area contributed by atoms with Crippen molar-refractivity contribution in [2.45, 2.75) is 4.90 Å². The van der Waals surface area contributed by atoms with Gasteiger partial charge in [0.1, 0.15) is 5.58 Å². The molecule has 3 rings (SSSR count). The fourth-order valence-corrected chi connectivity index (χ4v) is 3.76. The summed E-state index contributed by atoms with van der Waals surface area (Å²) < 4.78 is 33.9. The van der Waals surface area contributed by atoms with Gasteiger partial charge in [-0.05, 0) is 18.2 Å². The normalized spacial score (nSPS) is 12.5. The van der Waals surface area contributed by atoms with E-state index in [9.17, 15) is 18.3 Å². The fourth-order valence-electron chi connectivity index (χ4n) is 2.18. The van der Waals surface area contributed by atoms with E-state index in [0.29, 0.717) is 0 Å². The second-order valence-corrected chi connectivity index (χ2v) is 7.39. The molecule has 0 saturated carbocycles. The van der Waals surface area contributed by atoms with Gasteiger partial charge in [-0.1, -0.05) is 41.4 Å². The Morgan fingerprint density at radius 1 is 1.08 bits per heavy atom. The van der Waals surface area contributed by atoms with E-state index >= 15 is 0 Å². The molecule has 1 aromatic heterocycles. The first-order valence-corrected chi connectivity index (χ1v) is 9.00. The number of carboxylic acids is 1. The molecule has 6 nitrogen and oxygen atoms in total. The van der Waals surface area contributed by atoms with Gasteiger partial charge in [0.2, 0.25) is 5.76 Å². The van der Waals surface area contributed by atoms with Crippen LogP contribution in [0.25, 0.3) is 11.0 Å². The molecule has 0 bridgehead atoms. The Balaban J connectivity index is 2.40. The van der Waals surface area contributed by atoms with Crippen LogP contribution >= 0.6 is 23.2 Å². The van der Waals surface area contributed by atoms with Gasteiger partial charge in [0.05, 0.1) is 20.7 Å². The van der Waals surface area contributed by atoms with Crippen molar-refractivity contribution in [3.8, 4) is 0 Å². The van der Waals surface area contributed by atoms with Crippen LogP contribution in [0, 0.1) is 0 Å². The first-order chi connectivity index (χ1) is 11.8. The Labute approximate surface area is 152 Å². The maximum Gasteiger partial charge on any atom is 0.371 e. The summed E-state index contributed by atoms with van der Waals surface area (Å²) >= 11 is 12.0. The molecule has 128 valence electrons. The van der Waals surface area contributed by atoms with Crippen LogP contribution in [0.4, 0.5) is 0 Å². The van der Waals surface area contributed by atoms with E-state index in [4.69, 9.17) is 27.6 Å². The third-order valence-electron chi connectivity index (χ3n) is 3.23. The van der Waals surface area contributed by atoms with Crippen molar-refractivity contribution in [2.75, 3.05) is 0 Å². The van der Waals surface area contributed by atoms with Crippen molar-refractivity contribution in [1.29, 1.82) is 0 Å². The Morgan fingerprint density at radius 2 is 1.76 bits per heavy atom. The van der Waals surface area contributed by atoms with Gasteiger partial charge in [-0.3, -0.25) is 0 Å². The summed E-state index contributed by atoms with van der Waals surface area (Å²) in [6.45, 7) is 0. The predicted octanol–water partition coefficient (Wildman–Crippen LogP) is 3.73. The van der Waals surface area contributed by atoms with Crippen LogP contribution in [0.15, 0.2) is 62.2 Å². The van der Waals surface area contributed by atoms with Gasteiger partial charge in [-0.25, -0.2) is 4.79 Å². The van der Waals surface area contributed by atoms with Crippen LogP contribution in [-0.2, 0) is 10.0 Å². The van der Waals surface area contributed by atoms with Gasteiger partial charge >= 0.3 is 5.97 Å². The van der Waals surface area contributed by atoms with Gasteiger partial charge < -0.3 is 9.52 Å². The zero-order valence-corrected chi connectivity index (χ0v) is 14.6. The molecule has 0 spiro atoms. The zero-order chi connectivity index (χ0) is 18.2. The number of benzene rings is 2. The van der Waals surface area contributed by atoms with Crippen LogP contribution in [-0.4, -0.2) is 19.5 Å². The number of halogens is 2. The quantitative estimate of drug-likeness (QED) is 0.725. The first kappa shape index (κ1) is 17.5. The third-order valence-corrected chi connectivity index (χ3v) is 5.05. The van der Waals surface area contributed by atoms with E-state index < -0.39 is 21.8 Å². The maximum atomic E-state index is 12.5. The molecule has 0 radical (unpaired) electrons. The number of fused-ring (bicyclic) bond motifs is 1. The molecule has 0 unspecified atom stereocenters. The molecular weight excluding hydrogens is 389 g/mol. The molecule has 2 aromatic carbocycles. The molecule has 0 aliphatic heterocycles. The Bertz CT molecular complexity index is 1150. The lowest BCUT2D eigenvalue weighted by atomic mass is 10.2. The molecule has 0 amide bonds. The van der Waals surface area contributed by atoms with Crippen LogP contribution in [0.1, 0.15) is 10.6 Å². The monoisotopic (exact) mass is 397 g/mol. The summed E-state index contributed by atoms with van der Waals surface area (Å²) in [4.78, 5) is 11.2. The molecule has 0 aliphatic carbocycles. The van der Waals surface area contributed by atoms with Crippen molar-refractivity contribution in [3.63, 3.8) is 0 Å². The number of aromatic carboxylic acids is 1. The van der Waals surface area contributed by atoms with E-state index in [1.54, 1.807) is 18.2 Å². The molecule has 9 heteroatoms. The van der Waals surface area contributed by atoms with Crippen molar-refractivity contribution in [1.82, 2.24) is 0 Å². The van der Waals surface area contributed by atoms with Crippen LogP contribution < -0.4 is 5.36 Å². The lowest BCUT2D eigenvalue weighted by Crippen LogP contribution is -2.12. The van der Waals surface area contributed by atoms with E-state index in [-0.39, 0.29) is 31.3 Å². The van der Waals surface area contributed by atoms with Crippen molar-refractivity contribution < 1.29 is 22.7 Å². The third kappa shape index (κ3) is 3.53. The second-order valence-electron chi connectivity index (χ2n) is 4.94. The van der Waals surface area contributed by atoms with Gasteiger partial charge in [-0.15, -0.1) is 0 Å². The van der Waals surface area contributed by atoms with E-state index in [1.165, 1.54) is 24.3 Å². The highest BCUT2D eigenvalue weighted by atomic mass is 35.5. The molecule has 1 heterocycles. The highest BCUT2D eigenvalue weighted by Crippen LogP contribution is 2.26. The minimum Gasteiger partial charge on any atom is -0.475 e. The highest BCUT2D eigenvalue weighted by molar-refractivity contribution is 7.90. The molecule has 1 N–H and O–H groups in total. The van der Waals surface area contributed by atoms with Crippen molar-refractivity contribution in [3.05, 3.63) is 69.7 Å². The van der Waals surface area contributed by atoms with Gasteiger partial charge in [0, 0.05) is 17.2 Å². The summed E-state index contributed by atoms with van der Waals surface area (Å²) in [7, 11) is -4.08. The number of hydrogen-bond donors (Lipinski definition) is 1. The summed E-state index contributed by atoms with van der Waals surface area (Å²) in [5.74, 6) is -1.88. The average molecular weight is 398 g/mol. The van der Waals surface area contributed by atoms with Crippen LogP contribution in [0.5, 0.6) is 0 Å². The van der Waals surface area contributed by atoms with E-state index in [1.807, 2.05) is 0 Å². The summed E-state index contributed by atoms with van der Waals surface area (Å²) in [5.41, 5.74) is 0.0133. The lowest BCUT2D eigenvalue weighted by Gasteiger charge is -2.05. The minimum absolute atomic E-state index is 0.0133. The van der Waals surface area contributed by atoms with Crippen molar-refractivity contribution in [2.24, 2.45) is 4.40 Å². The number of rotatable bonds is 3. The smallest absolute Gasteiger partial charge is 0.371 e. The molecule has 0 fully saturated rings. The number of hydrogen-bond acceptors (Lipinski definition) is 4. The fraction of sp³-hybridized carbons (Fsp3) is 0. The lowest BCUT2D eigenvalue weighted by molar-refractivity contribution is 0.0663. The summed E-state index contributed by atoms with van der Waals surface area (Å²) in [5, 5.41) is 9.47. The highest BCUT2D eigenvalue weighted by Gasteiger charge is 2.16. The Hall–Kier alpha value is -2.35. The van der Waals surface area contributed by atoms with Gasteiger partial charge in [0.25, 0.3) is 10.0 Å². The topological polar surface area (TPSA) is 96.9 Å². The van der Waals surface area contributed by atoms with Gasteiger partial charge in [0.15, 0.2) is 0 Å². The Kier molecular flexibility index (Phi) is 4.55. The number of carbonyl (C=O) groups is 1. The van der Waals surface area contributed by atoms with E-state index in [0.717, 1.165) is 6.07 Å². The molecule has 0 saturated heterocycles. The predicted molar refractivity (Wildman–Crippen MR) is 92.4 cm³/mol. The minimum atomic E-state index is -4.08. The number of nitrogens with zero attached hydrogens (tertiary/aromatic N) is 1. The molecular formula is C16H9Cl2NO5S. The number of carboxylic acid groups (broad SMARTS) is 1. The summed E-state index contributed by atoms with van der Waals surface area (Å²) in [6, 6.07) is 11.3. The van der Waals surface area contributed by atoms with Crippen molar-refractivity contribution >= 4 is 50.2 Å². The van der Waals surface area contributed by atoms with Crippen LogP contribution in [0.2, 0.25) is 10.0 Å². The number of sulfonamides is 1. The van der Waals surface area contributed by atoms with Crippen LogP contribution in [0.3, 0.4) is 0 Å².